The number of para-hydroxylation sites is 3. The summed E-state index contributed by atoms with van der Waals surface area (Å²) >= 11 is 1.78. The van der Waals surface area contributed by atoms with Gasteiger partial charge in [0.25, 0.3) is 0 Å². The first kappa shape index (κ1) is 31.9. The van der Waals surface area contributed by atoms with Gasteiger partial charge in [-0.25, -0.2) is 15.0 Å². The molecule has 0 N–H and O–H groups in total. The maximum atomic E-state index is 6.44. The Morgan fingerprint density at radius 2 is 1.02 bits per heavy atom. The zero-order valence-corrected chi connectivity index (χ0v) is 31.2. The molecular formula is C51H30N4OS. The largest absolute Gasteiger partial charge is 0.456 e. The maximum Gasteiger partial charge on any atom is 0.165 e. The van der Waals surface area contributed by atoms with E-state index in [-0.39, 0.29) is 0 Å². The van der Waals surface area contributed by atoms with E-state index in [9.17, 15) is 0 Å². The zero-order valence-electron chi connectivity index (χ0n) is 30.4. The maximum absolute atomic E-state index is 6.44. The molecule has 0 saturated carbocycles. The first-order chi connectivity index (χ1) is 28.2. The van der Waals surface area contributed by atoms with E-state index in [4.69, 9.17) is 19.4 Å². The van der Waals surface area contributed by atoms with E-state index in [1.165, 1.54) is 26.4 Å². The van der Waals surface area contributed by atoms with Gasteiger partial charge in [-0.2, -0.15) is 0 Å². The molecule has 8 aromatic carbocycles. The predicted molar refractivity (Wildman–Crippen MR) is 236 cm³/mol. The highest BCUT2D eigenvalue weighted by atomic mass is 32.1. The summed E-state index contributed by atoms with van der Waals surface area (Å²) in [6.45, 7) is 0. The van der Waals surface area contributed by atoms with Crippen LogP contribution >= 0.6 is 11.3 Å². The average molecular weight is 747 g/mol. The first-order valence-corrected chi connectivity index (χ1v) is 19.8. The molecule has 0 saturated heterocycles. The van der Waals surface area contributed by atoms with Crippen molar-refractivity contribution in [3.05, 3.63) is 182 Å². The third-order valence-electron chi connectivity index (χ3n) is 11.0. The second kappa shape index (κ2) is 12.6. The van der Waals surface area contributed by atoms with Gasteiger partial charge in [0.1, 0.15) is 11.2 Å². The molecule has 4 aromatic heterocycles. The number of fused-ring (bicyclic) bond motifs is 10. The Hall–Kier alpha value is -7.41. The Labute approximate surface area is 330 Å². The SMILES string of the molecule is c1ccc(-c2nc(-c3ccccc3)nc(-c3cc(-c4ccc5c(c4)c4ccccc4n5-c4ccccc4)cc4c3sc3ccc5oc6ccccc6c5c34)n2)cc1. The van der Waals surface area contributed by atoms with Crippen LogP contribution in [0.2, 0.25) is 0 Å². The van der Waals surface area contributed by atoms with Crippen LogP contribution in [0.1, 0.15) is 0 Å². The molecule has 4 heterocycles. The molecule has 0 fully saturated rings. The normalized spacial score (nSPS) is 11.9. The van der Waals surface area contributed by atoms with Crippen molar-refractivity contribution < 1.29 is 4.42 Å². The van der Waals surface area contributed by atoms with Crippen molar-refractivity contribution in [3.63, 3.8) is 0 Å². The first-order valence-electron chi connectivity index (χ1n) is 19.0. The predicted octanol–water partition coefficient (Wildman–Crippen LogP) is 13.9. The van der Waals surface area contributed by atoms with Gasteiger partial charge in [-0.05, 0) is 71.8 Å². The fourth-order valence-electron chi connectivity index (χ4n) is 8.45. The van der Waals surface area contributed by atoms with Crippen LogP contribution in [0.5, 0.6) is 0 Å². The molecule has 0 spiro atoms. The Morgan fingerprint density at radius 1 is 0.404 bits per heavy atom. The monoisotopic (exact) mass is 746 g/mol. The zero-order chi connectivity index (χ0) is 37.5. The quantitative estimate of drug-likeness (QED) is 0.176. The standard InChI is InChI=1S/C51H30N4OS/c1-4-14-31(15-5-1)49-52-50(32-16-6-2-7-17-32)54-51(53-49)40-30-34(29-39-47-45(57-48(39)40)27-26-44-46(47)37-21-11-13-23-43(37)56-44)33-24-25-42-38(28-33)36-20-10-12-22-41(36)55(42)35-18-8-3-9-19-35/h1-30H. The van der Waals surface area contributed by atoms with Crippen LogP contribution in [-0.4, -0.2) is 19.5 Å². The fraction of sp³-hybridized carbons (Fsp3) is 0. The molecular weight excluding hydrogens is 717 g/mol. The number of hydrogen-bond acceptors (Lipinski definition) is 5. The van der Waals surface area contributed by atoms with Crippen LogP contribution in [0.15, 0.2) is 186 Å². The van der Waals surface area contributed by atoms with Gasteiger partial charge in [-0.1, -0.05) is 121 Å². The van der Waals surface area contributed by atoms with Crippen LogP contribution in [0.25, 0.3) is 115 Å². The van der Waals surface area contributed by atoms with Crippen LogP contribution in [0.4, 0.5) is 0 Å². The van der Waals surface area contributed by atoms with Crippen molar-refractivity contribution in [2.45, 2.75) is 0 Å². The third kappa shape index (κ3) is 5.04. The van der Waals surface area contributed by atoms with E-state index in [0.29, 0.717) is 17.5 Å². The lowest BCUT2D eigenvalue weighted by molar-refractivity contribution is 0.669. The summed E-state index contributed by atoms with van der Waals surface area (Å²) in [5, 5.41) is 6.98. The Balaban J connectivity index is 1.18. The Kier molecular flexibility index (Phi) is 7.03. The van der Waals surface area contributed by atoms with Crippen molar-refractivity contribution in [1.82, 2.24) is 19.5 Å². The van der Waals surface area contributed by atoms with Gasteiger partial charge in [0.05, 0.1) is 11.0 Å². The van der Waals surface area contributed by atoms with E-state index >= 15 is 0 Å². The molecule has 0 amide bonds. The summed E-state index contributed by atoms with van der Waals surface area (Å²) in [5.74, 6) is 1.91. The van der Waals surface area contributed by atoms with E-state index in [2.05, 4.69) is 144 Å². The number of aromatic nitrogens is 4. The van der Waals surface area contributed by atoms with Gasteiger partial charge in [0.15, 0.2) is 17.5 Å². The van der Waals surface area contributed by atoms with Gasteiger partial charge < -0.3 is 8.98 Å². The van der Waals surface area contributed by atoms with Crippen molar-refractivity contribution >= 4 is 75.3 Å². The highest BCUT2D eigenvalue weighted by molar-refractivity contribution is 7.26. The molecule has 0 unspecified atom stereocenters. The number of thiophene rings is 1. The highest BCUT2D eigenvalue weighted by Crippen LogP contribution is 2.47. The second-order valence-electron chi connectivity index (χ2n) is 14.4. The molecule has 5 nitrogen and oxygen atoms in total. The number of benzene rings is 8. The van der Waals surface area contributed by atoms with Crippen molar-refractivity contribution in [2.75, 3.05) is 0 Å². The van der Waals surface area contributed by atoms with Gasteiger partial charge in [-0.3, -0.25) is 0 Å². The van der Waals surface area contributed by atoms with Crippen molar-refractivity contribution in [3.8, 4) is 51.0 Å². The molecule has 6 heteroatoms. The molecule has 57 heavy (non-hydrogen) atoms. The minimum atomic E-state index is 0.635. The molecule has 12 aromatic rings. The van der Waals surface area contributed by atoms with Gasteiger partial charge in [0, 0.05) is 64.1 Å². The van der Waals surface area contributed by atoms with Crippen molar-refractivity contribution in [2.24, 2.45) is 0 Å². The summed E-state index contributed by atoms with van der Waals surface area (Å²) in [4.78, 5) is 15.5. The summed E-state index contributed by atoms with van der Waals surface area (Å²) in [7, 11) is 0. The van der Waals surface area contributed by atoms with Crippen LogP contribution in [-0.2, 0) is 0 Å². The Morgan fingerprint density at radius 3 is 1.77 bits per heavy atom. The number of nitrogens with zero attached hydrogens (tertiary/aromatic N) is 4. The topological polar surface area (TPSA) is 56.7 Å². The minimum Gasteiger partial charge on any atom is -0.456 e. The number of hydrogen-bond donors (Lipinski definition) is 0. The second-order valence-corrected chi connectivity index (χ2v) is 15.4. The summed E-state index contributed by atoms with van der Waals surface area (Å²) in [6, 6.07) is 63.8. The van der Waals surface area contributed by atoms with Gasteiger partial charge in [0.2, 0.25) is 0 Å². The molecule has 266 valence electrons. The molecule has 0 atom stereocenters. The summed E-state index contributed by atoms with van der Waals surface area (Å²) < 4.78 is 11.1. The van der Waals surface area contributed by atoms with Gasteiger partial charge >= 0.3 is 0 Å². The molecule has 0 radical (unpaired) electrons. The van der Waals surface area contributed by atoms with E-state index < -0.39 is 0 Å². The van der Waals surface area contributed by atoms with E-state index in [1.807, 2.05) is 42.5 Å². The molecule has 0 aliphatic rings. The Bertz CT molecular complexity index is 3460. The average Bonchev–Trinajstić information content (AvgIpc) is 3.96. The lowest BCUT2D eigenvalue weighted by Gasteiger charge is -2.12. The lowest BCUT2D eigenvalue weighted by Crippen LogP contribution is -2.00. The van der Waals surface area contributed by atoms with Gasteiger partial charge in [-0.15, -0.1) is 11.3 Å². The lowest BCUT2D eigenvalue weighted by atomic mass is 9.96. The fourth-order valence-corrected chi connectivity index (χ4v) is 9.66. The smallest absolute Gasteiger partial charge is 0.165 e. The molecule has 0 aliphatic heterocycles. The summed E-state index contributed by atoms with van der Waals surface area (Å²) in [6.07, 6.45) is 0. The minimum absolute atomic E-state index is 0.635. The van der Waals surface area contributed by atoms with Crippen LogP contribution in [0, 0.1) is 0 Å². The van der Waals surface area contributed by atoms with Crippen LogP contribution < -0.4 is 0 Å². The molecule has 0 aliphatic carbocycles. The van der Waals surface area contributed by atoms with Crippen LogP contribution in [0.3, 0.4) is 0 Å². The van der Waals surface area contributed by atoms with Crippen molar-refractivity contribution in [1.29, 1.82) is 0 Å². The number of furan rings is 1. The van der Waals surface area contributed by atoms with E-state index in [0.717, 1.165) is 71.0 Å². The summed E-state index contributed by atoms with van der Waals surface area (Å²) in [5.41, 5.74) is 10.3. The van der Waals surface area contributed by atoms with E-state index in [1.54, 1.807) is 11.3 Å². The number of rotatable bonds is 5. The highest BCUT2D eigenvalue weighted by Gasteiger charge is 2.22. The molecule has 0 bridgehead atoms. The molecule has 12 rings (SSSR count). The third-order valence-corrected chi connectivity index (χ3v) is 12.2.